The molecule has 4 rings (SSSR count). The Labute approximate surface area is 145 Å². The lowest BCUT2D eigenvalue weighted by Gasteiger charge is -2.70. The molecule has 3 aliphatic rings. The second kappa shape index (κ2) is 6.45. The maximum absolute atomic E-state index is 11.8. The first-order valence-corrected chi connectivity index (χ1v) is 8.42. The van der Waals surface area contributed by atoms with Crippen LogP contribution in [0.25, 0.3) is 0 Å². The van der Waals surface area contributed by atoms with E-state index in [0.717, 1.165) is 19.4 Å². The van der Waals surface area contributed by atoms with Crippen LogP contribution >= 0.6 is 12.4 Å². The van der Waals surface area contributed by atoms with Gasteiger partial charge in [0, 0.05) is 12.6 Å². The predicted octanol–water partition coefficient (Wildman–Crippen LogP) is 4.11. The number of nitrogens with one attached hydrogen (secondary N) is 1. The van der Waals surface area contributed by atoms with E-state index in [1.54, 1.807) is 0 Å². The Morgan fingerprint density at radius 2 is 1.96 bits per heavy atom. The minimum atomic E-state index is -0.636. The number of hydrogen-bond donors (Lipinski definition) is 2. The molecule has 0 amide bonds. The van der Waals surface area contributed by atoms with Crippen LogP contribution in [0.4, 0.5) is 0 Å². The minimum absolute atomic E-state index is 0. The zero-order valence-corrected chi connectivity index (χ0v) is 15.0. The van der Waals surface area contributed by atoms with E-state index in [2.05, 4.69) is 38.2 Å². The number of halogens is 1. The quantitative estimate of drug-likeness (QED) is 0.850. The maximum atomic E-state index is 11.8. The maximum Gasteiger partial charge on any atom is 0.308 e. The molecule has 128 valence electrons. The van der Waals surface area contributed by atoms with Crippen molar-refractivity contribution in [2.45, 2.75) is 52.6 Å². The summed E-state index contributed by atoms with van der Waals surface area (Å²) in [5.41, 5.74) is 1.58. The average Bonchev–Trinajstić information content (AvgIpc) is 2.52. The first kappa shape index (κ1) is 18.3. The summed E-state index contributed by atoms with van der Waals surface area (Å²) in [6.07, 6.45) is 3.04. The molecule has 3 nitrogen and oxygen atoms in total. The first-order valence-electron chi connectivity index (χ1n) is 8.42. The van der Waals surface area contributed by atoms with Crippen LogP contribution in [0.3, 0.4) is 0 Å². The fourth-order valence-corrected chi connectivity index (χ4v) is 5.19. The molecular formula is C19H28ClNO2. The van der Waals surface area contributed by atoms with Gasteiger partial charge in [-0.1, -0.05) is 51.1 Å². The monoisotopic (exact) mass is 337 g/mol. The molecule has 0 radical (unpaired) electrons. The fourth-order valence-electron chi connectivity index (χ4n) is 5.19. The third-order valence-corrected chi connectivity index (χ3v) is 6.77. The van der Waals surface area contributed by atoms with Gasteiger partial charge in [-0.05, 0) is 41.6 Å². The summed E-state index contributed by atoms with van der Waals surface area (Å²) in [5.74, 6) is -0.331. The normalized spacial score (nSPS) is 34.1. The summed E-state index contributed by atoms with van der Waals surface area (Å²) in [7, 11) is 0. The van der Waals surface area contributed by atoms with E-state index in [4.69, 9.17) is 0 Å². The van der Waals surface area contributed by atoms with E-state index in [0.29, 0.717) is 5.92 Å². The highest BCUT2D eigenvalue weighted by Crippen LogP contribution is 2.70. The number of hydrogen-bond acceptors (Lipinski definition) is 2. The van der Waals surface area contributed by atoms with Crippen LogP contribution in [0, 0.1) is 22.7 Å². The van der Waals surface area contributed by atoms with Crippen LogP contribution in [0.15, 0.2) is 30.3 Å². The average molecular weight is 338 g/mol. The Hall–Kier alpha value is -1.06. The van der Waals surface area contributed by atoms with Gasteiger partial charge in [-0.25, -0.2) is 0 Å². The van der Waals surface area contributed by atoms with Crippen molar-refractivity contribution in [3.8, 4) is 0 Å². The summed E-state index contributed by atoms with van der Waals surface area (Å²) in [6, 6.07) is 10.3. The summed E-state index contributed by atoms with van der Waals surface area (Å²) >= 11 is 0. The standard InChI is InChI=1S/C19H27NO2.ClH/c1-4-19-11-14(18(19,2)3)10-15(17(21)22)16(19)20-12-13-8-6-5-7-9-13;/h5-9,14-16,20H,4,10-12H2,1-3H3,(H,21,22);1H/t14-,15+,16-,19+;/m1./s1. The van der Waals surface area contributed by atoms with Gasteiger partial charge < -0.3 is 10.4 Å². The van der Waals surface area contributed by atoms with Crippen molar-refractivity contribution in [1.29, 1.82) is 0 Å². The molecule has 2 bridgehead atoms. The number of carboxylic acid groups (broad SMARTS) is 1. The van der Waals surface area contributed by atoms with Crippen LogP contribution in [-0.4, -0.2) is 17.1 Å². The Morgan fingerprint density at radius 1 is 1.30 bits per heavy atom. The molecule has 4 atom stereocenters. The van der Waals surface area contributed by atoms with Gasteiger partial charge in [0.2, 0.25) is 0 Å². The Morgan fingerprint density at radius 3 is 2.48 bits per heavy atom. The minimum Gasteiger partial charge on any atom is -0.481 e. The van der Waals surface area contributed by atoms with E-state index in [1.165, 1.54) is 12.0 Å². The Kier molecular flexibility index (Phi) is 5.12. The van der Waals surface area contributed by atoms with Gasteiger partial charge in [-0.3, -0.25) is 4.79 Å². The third kappa shape index (κ3) is 2.68. The van der Waals surface area contributed by atoms with Gasteiger partial charge >= 0.3 is 5.97 Å². The third-order valence-electron chi connectivity index (χ3n) is 6.77. The number of fused-ring (bicyclic) bond motifs is 2. The van der Waals surface area contributed by atoms with Crippen LogP contribution < -0.4 is 5.32 Å². The number of aliphatic carboxylic acids is 1. The molecule has 3 fully saturated rings. The SMILES string of the molecule is CC[C@]12C[C@@H](C[C@H](C(=O)O)[C@H]1NCc1ccccc1)C2(C)C.Cl. The summed E-state index contributed by atoms with van der Waals surface area (Å²) < 4.78 is 0. The van der Waals surface area contributed by atoms with Crippen molar-refractivity contribution >= 4 is 18.4 Å². The van der Waals surface area contributed by atoms with Crippen LogP contribution in [0.1, 0.15) is 45.6 Å². The van der Waals surface area contributed by atoms with Crippen LogP contribution in [0.2, 0.25) is 0 Å². The zero-order valence-electron chi connectivity index (χ0n) is 14.2. The molecule has 0 aliphatic heterocycles. The molecule has 3 aliphatic carbocycles. The zero-order chi connectivity index (χ0) is 16.0. The summed E-state index contributed by atoms with van der Waals surface area (Å²) in [4.78, 5) is 11.8. The lowest BCUT2D eigenvalue weighted by atomic mass is 9.35. The highest BCUT2D eigenvalue weighted by Gasteiger charge is 2.68. The summed E-state index contributed by atoms with van der Waals surface area (Å²) in [6.45, 7) is 7.64. The van der Waals surface area contributed by atoms with E-state index in [9.17, 15) is 9.90 Å². The largest absolute Gasteiger partial charge is 0.481 e. The molecule has 0 saturated heterocycles. The highest BCUT2D eigenvalue weighted by molar-refractivity contribution is 5.85. The van der Waals surface area contributed by atoms with Crippen molar-refractivity contribution in [2.24, 2.45) is 22.7 Å². The molecule has 2 N–H and O–H groups in total. The van der Waals surface area contributed by atoms with Gasteiger partial charge in [-0.15, -0.1) is 12.4 Å². The van der Waals surface area contributed by atoms with Gasteiger partial charge in [0.25, 0.3) is 0 Å². The molecule has 0 unspecified atom stereocenters. The smallest absolute Gasteiger partial charge is 0.308 e. The fraction of sp³-hybridized carbons (Fsp3) is 0.632. The van der Waals surface area contributed by atoms with E-state index < -0.39 is 5.97 Å². The van der Waals surface area contributed by atoms with E-state index >= 15 is 0 Å². The molecule has 3 saturated carbocycles. The second-order valence-electron chi connectivity index (χ2n) is 7.66. The molecule has 0 aromatic heterocycles. The lowest BCUT2D eigenvalue weighted by molar-refractivity contribution is -0.210. The summed E-state index contributed by atoms with van der Waals surface area (Å²) in [5, 5.41) is 13.3. The second-order valence-corrected chi connectivity index (χ2v) is 7.66. The van der Waals surface area contributed by atoms with Crippen LogP contribution in [-0.2, 0) is 11.3 Å². The molecule has 0 spiro atoms. The van der Waals surface area contributed by atoms with Crippen molar-refractivity contribution in [2.75, 3.05) is 0 Å². The number of rotatable bonds is 5. The van der Waals surface area contributed by atoms with Crippen LogP contribution in [0.5, 0.6) is 0 Å². The Balaban J connectivity index is 0.00000192. The van der Waals surface area contributed by atoms with E-state index in [-0.39, 0.29) is 35.2 Å². The Bertz CT molecular complexity index is 560. The molecule has 1 aromatic rings. The topological polar surface area (TPSA) is 49.3 Å². The molecule has 23 heavy (non-hydrogen) atoms. The molecule has 4 heteroatoms. The van der Waals surface area contributed by atoms with Gasteiger partial charge in [0.15, 0.2) is 0 Å². The van der Waals surface area contributed by atoms with Crippen molar-refractivity contribution in [3.05, 3.63) is 35.9 Å². The van der Waals surface area contributed by atoms with Gasteiger partial charge in [0.05, 0.1) is 5.92 Å². The number of benzene rings is 1. The van der Waals surface area contributed by atoms with Crippen molar-refractivity contribution in [1.82, 2.24) is 5.32 Å². The predicted molar refractivity (Wildman–Crippen MR) is 94.7 cm³/mol. The molecule has 0 heterocycles. The van der Waals surface area contributed by atoms with Crippen molar-refractivity contribution < 1.29 is 9.90 Å². The molecular weight excluding hydrogens is 310 g/mol. The first-order chi connectivity index (χ1) is 10.4. The van der Waals surface area contributed by atoms with E-state index in [1.807, 2.05) is 18.2 Å². The van der Waals surface area contributed by atoms with Gasteiger partial charge in [0.1, 0.15) is 0 Å². The molecule has 1 aromatic carbocycles. The lowest BCUT2D eigenvalue weighted by Crippen LogP contribution is -2.71. The highest BCUT2D eigenvalue weighted by atomic mass is 35.5. The number of carbonyl (C=O) groups is 1. The number of carboxylic acids is 1. The van der Waals surface area contributed by atoms with Crippen molar-refractivity contribution in [3.63, 3.8) is 0 Å². The van der Waals surface area contributed by atoms with Gasteiger partial charge in [-0.2, -0.15) is 0 Å².